The van der Waals surface area contributed by atoms with Gasteiger partial charge in [-0.2, -0.15) is 4.31 Å². The molecule has 8 nitrogen and oxygen atoms in total. The summed E-state index contributed by atoms with van der Waals surface area (Å²) in [6, 6.07) is 16.2. The van der Waals surface area contributed by atoms with E-state index in [0.29, 0.717) is 44.2 Å². The van der Waals surface area contributed by atoms with E-state index in [-0.39, 0.29) is 4.90 Å². The smallest absolute Gasteiger partial charge is 0.248 e. The number of piperazine rings is 1. The first-order valence-electron chi connectivity index (χ1n) is 10.6. The van der Waals surface area contributed by atoms with Gasteiger partial charge in [-0.1, -0.05) is 41.6 Å². The first-order chi connectivity index (χ1) is 15.4. The Morgan fingerprint density at radius 3 is 2.38 bits per heavy atom. The maximum atomic E-state index is 13.1. The van der Waals surface area contributed by atoms with Crippen LogP contribution in [0.15, 0.2) is 64.1 Å². The first kappa shape index (κ1) is 20.9. The Morgan fingerprint density at radius 1 is 0.969 bits per heavy atom. The van der Waals surface area contributed by atoms with E-state index in [4.69, 9.17) is 9.51 Å². The molecule has 0 aliphatic carbocycles. The Morgan fingerprint density at radius 2 is 1.69 bits per heavy atom. The van der Waals surface area contributed by atoms with E-state index in [1.54, 1.807) is 13.8 Å². The van der Waals surface area contributed by atoms with Crippen LogP contribution in [0.3, 0.4) is 0 Å². The molecule has 4 aromatic rings. The van der Waals surface area contributed by atoms with E-state index < -0.39 is 10.0 Å². The van der Waals surface area contributed by atoms with Crippen molar-refractivity contribution in [2.24, 2.45) is 0 Å². The molecule has 0 unspecified atom stereocenters. The van der Waals surface area contributed by atoms with Crippen LogP contribution in [-0.4, -0.2) is 58.3 Å². The van der Waals surface area contributed by atoms with Gasteiger partial charge < -0.3 is 8.92 Å². The van der Waals surface area contributed by atoms with Gasteiger partial charge in [0.1, 0.15) is 16.2 Å². The number of aromatic nitrogens is 3. The topological polar surface area (TPSA) is 84.0 Å². The van der Waals surface area contributed by atoms with E-state index in [0.717, 1.165) is 22.6 Å². The van der Waals surface area contributed by atoms with Crippen molar-refractivity contribution in [3.05, 3.63) is 71.9 Å². The second-order valence-corrected chi connectivity index (χ2v) is 9.91. The predicted molar refractivity (Wildman–Crippen MR) is 121 cm³/mol. The minimum absolute atomic E-state index is 0.194. The molecule has 0 N–H and O–H groups in total. The number of rotatable bonds is 5. The zero-order valence-electron chi connectivity index (χ0n) is 18.1. The SMILES string of the molecule is Cc1noc(C)c1S(=O)(=O)N1CCN(Cc2c(-c3ccccc3)nc3ccccn23)CC1. The summed E-state index contributed by atoms with van der Waals surface area (Å²) in [5, 5.41) is 3.81. The summed E-state index contributed by atoms with van der Waals surface area (Å²) in [4.78, 5) is 7.34. The van der Waals surface area contributed by atoms with Gasteiger partial charge in [0.2, 0.25) is 10.0 Å². The molecule has 9 heteroatoms. The highest BCUT2D eigenvalue weighted by molar-refractivity contribution is 7.89. The Hall–Kier alpha value is -3.01. The van der Waals surface area contributed by atoms with Gasteiger partial charge in [0, 0.05) is 44.5 Å². The molecule has 1 saturated heterocycles. The minimum Gasteiger partial charge on any atom is -0.360 e. The predicted octanol–water partition coefficient (Wildman–Crippen LogP) is 3.11. The lowest BCUT2D eigenvalue weighted by Gasteiger charge is -2.33. The molecule has 1 fully saturated rings. The van der Waals surface area contributed by atoms with Gasteiger partial charge in [0.05, 0.1) is 11.4 Å². The summed E-state index contributed by atoms with van der Waals surface area (Å²) in [7, 11) is -3.62. The zero-order chi connectivity index (χ0) is 22.3. The number of hydrogen-bond donors (Lipinski definition) is 0. The number of sulfonamides is 1. The van der Waals surface area contributed by atoms with Crippen LogP contribution in [0.5, 0.6) is 0 Å². The van der Waals surface area contributed by atoms with Crippen molar-refractivity contribution in [3.63, 3.8) is 0 Å². The van der Waals surface area contributed by atoms with Crippen LogP contribution in [0.1, 0.15) is 17.1 Å². The van der Waals surface area contributed by atoms with Crippen molar-refractivity contribution in [1.29, 1.82) is 0 Å². The standard InChI is InChI=1S/C23H25N5O3S/c1-17-23(18(2)31-25-17)32(29,30)27-14-12-26(13-15-27)16-20-22(19-8-4-3-5-9-19)24-21-10-6-7-11-28(20)21/h3-11H,12-16H2,1-2H3. The fourth-order valence-corrected chi connectivity index (χ4v) is 6.05. The summed E-state index contributed by atoms with van der Waals surface area (Å²) in [5.41, 5.74) is 4.45. The van der Waals surface area contributed by atoms with Gasteiger partial charge in [0.25, 0.3) is 0 Å². The monoisotopic (exact) mass is 451 g/mol. The Balaban J connectivity index is 1.38. The number of aryl methyl sites for hydroxylation is 2. The average molecular weight is 452 g/mol. The molecule has 0 bridgehead atoms. The van der Waals surface area contributed by atoms with Crippen molar-refractivity contribution in [2.75, 3.05) is 26.2 Å². The van der Waals surface area contributed by atoms with Crippen LogP contribution >= 0.6 is 0 Å². The van der Waals surface area contributed by atoms with Crippen LogP contribution in [0, 0.1) is 13.8 Å². The maximum absolute atomic E-state index is 13.1. The Bertz CT molecular complexity index is 1330. The normalized spacial score (nSPS) is 16.1. The van der Waals surface area contributed by atoms with E-state index >= 15 is 0 Å². The Labute approximate surface area is 187 Å². The number of pyridine rings is 1. The molecule has 0 amide bonds. The van der Waals surface area contributed by atoms with Crippen LogP contribution < -0.4 is 0 Å². The lowest BCUT2D eigenvalue weighted by atomic mass is 10.1. The fourth-order valence-electron chi connectivity index (χ4n) is 4.34. The summed E-state index contributed by atoms with van der Waals surface area (Å²) in [6.07, 6.45) is 2.03. The molecule has 3 aromatic heterocycles. The molecule has 4 heterocycles. The summed E-state index contributed by atoms with van der Waals surface area (Å²) in [5.74, 6) is 0.336. The van der Waals surface area contributed by atoms with E-state index in [1.165, 1.54) is 4.31 Å². The van der Waals surface area contributed by atoms with Crippen LogP contribution in [-0.2, 0) is 16.6 Å². The molecule has 0 atom stereocenters. The lowest BCUT2D eigenvalue weighted by Crippen LogP contribution is -2.48. The number of nitrogens with zero attached hydrogens (tertiary/aromatic N) is 5. The van der Waals surface area contributed by atoms with Gasteiger partial charge in [-0.05, 0) is 26.0 Å². The summed E-state index contributed by atoms with van der Waals surface area (Å²) >= 11 is 0. The number of hydrogen-bond acceptors (Lipinski definition) is 6. The van der Waals surface area contributed by atoms with Crippen LogP contribution in [0.25, 0.3) is 16.9 Å². The minimum atomic E-state index is -3.62. The molecule has 5 rings (SSSR count). The third-order valence-electron chi connectivity index (χ3n) is 5.95. The highest BCUT2D eigenvalue weighted by Gasteiger charge is 2.33. The molecule has 0 saturated carbocycles. The van der Waals surface area contributed by atoms with E-state index in [2.05, 4.69) is 26.6 Å². The Kier molecular flexibility index (Phi) is 5.32. The highest BCUT2D eigenvalue weighted by atomic mass is 32.2. The van der Waals surface area contributed by atoms with Gasteiger partial charge >= 0.3 is 0 Å². The zero-order valence-corrected chi connectivity index (χ0v) is 18.9. The molecular weight excluding hydrogens is 426 g/mol. The van der Waals surface area contributed by atoms with Gasteiger partial charge in [0.15, 0.2) is 5.76 Å². The largest absolute Gasteiger partial charge is 0.360 e. The third-order valence-corrected chi connectivity index (χ3v) is 8.09. The lowest BCUT2D eigenvalue weighted by molar-refractivity contribution is 0.179. The molecule has 32 heavy (non-hydrogen) atoms. The fraction of sp³-hybridized carbons (Fsp3) is 0.304. The van der Waals surface area contributed by atoms with Crippen molar-refractivity contribution < 1.29 is 12.9 Å². The maximum Gasteiger partial charge on any atom is 0.248 e. The van der Waals surface area contributed by atoms with Crippen LogP contribution in [0.2, 0.25) is 0 Å². The molecule has 1 aromatic carbocycles. The molecule has 1 aliphatic heterocycles. The van der Waals surface area contributed by atoms with Crippen molar-refractivity contribution in [2.45, 2.75) is 25.3 Å². The van der Waals surface area contributed by atoms with E-state index in [1.807, 2.05) is 42.6 Å². The first-order valence-corrected chi connectivity index (χ1v) is 12.1. The quantitative estimate of drug-likeness (QED) is 0.464. The number of benzene rings is 1. The van der Waals surface area contributed by atoms with Crippen molar-refractivity contribution in [3.8, 4) is 11.3 Å². The molecular formula is C23H25N5O3S. The van der Waals surface area contributed by atoms with Crippen molar-refractivity contribution in [1.82, 2.24) is 23.7 Å². The highest BCUT2D eigenvalue weighted by Crippen LogP contribution is 2.27. The molecule has 0 spiro atoms. The van der Waals surface area contributed by atoms with Gasteiger partial charge in [-0.25, -0.2) is 13.4 Å². The van der Waals surface area contributed by atoms with Gasteiger partial charge in [-0.15, -0.1) is 0 Å². The summed E-state index contributed by atoms with van der Waals surface area (Å²) in [6.45, 7) is 6.10. The third kappa shape index (κ3) is 3.62. The van der Waals surface area contributed by atoms with Crippen LogP contribution in [0.4, 0.5) is 0 Å². The van der Waals surface area contributed by atoms with Gasteiger partial charge in [-0.3, -0.25) is 4.90 Å². The second kappa shape index (κ2) is 8.16. The molecule has 1 aliphatic rings. The number of imidazole rings is 1. The average Bonchev–Trinajstić information content (AvgIpc) is 3.34. The summed E-state index contributed by atoms with van der Waals surface area (Å²) < 4.78 is 35.0. The molecule has 166 valence electrons. The number of fused-ring (bicyclic) bond motifs is 1. The van der Waals surface area contributed by atoms with E-state index in [9.17, 15) is 8.42 Å². The second-order valence-electron chi connectivity index (χ2n) is 8.04. The van der Waals surface area contributed by atoms with Crippen molar-refractivity contribution >= 4 is 15.7 Å². The molecule has 0 radical (unpaired) electrons.